The summed E-state index contributed by atoms with van der Waals surface area (Å²) < 4.78 is 0. The number of amides is 3. The number of hydrogen-bond acceptors (Lipinski definition) is 4. The summed E-state index contributed by atoms with van der Waals surface area (Å²) in [6, 6.07) is 14.1. The van der Waals surface area contributed by atoms with E-state index >= 15 is 0 Å². The second kappa shape index (κ2) is 9.21. The van der Waals surface area contributed by atoms with Gasteiger partial charge in [0.2, 0.25) is 11.8 Å². The van der Waals surface area contributed by atoms with Gasteiger partial charge < -0.3 is 21.1 Å². The third kappa shape index (κ3) is 4.83. The average molecular weight is 409 g/mol. The van der Waals surface area contributed by atoms with Gasteiger partial charge in [0, 0.05) is 24.9 Å². The van der Waals surface area contributed by atoms with Crippen molar-refractivity contribution in [3.05, 3.63) is 71.3 Å². The fraction of sp³-hybridized carbons (Fsp3) is 0.273. The summed E-state index contributed by atoms with van der Waals surface area (Å²) in [5.74, 6) is -2.77. The molecule has 8 nitrogen and oxygen atoms in total. The van der Waals surface area contributed by atoms with Crippen LogP contribution in [0.5, 0.6) is 0 Å². The smallest absolute Gasteiger partial charge is 0.326 e. The summed E-state index contributed by atoms with van der Waals surface area (Å²) >= 11 is 0. The summed E-state index contributed by atoms with van der Waals surface area (Å²) in [5, 5.41) is 11.9. The molecule has 1 aliphatic rings. The lowest BCUT2D eigenvalue weighted by Crippen LogP contribution is -2.52. The van der Waals surface area contributed by atoms with Crippen LogP contribution >= 0.6 is 0 Å². The van der Waals surface area contributed by atoms with E-state index in [1.807, 2.05) is 42.5 Å². The van der Waals surface area contributed by atoms with Crippen LogP contribution in [-0.2, 0) is 27.3 Å². The third-order valence-corrected chi connectivity index (χ3v) is 5.09. The molecule has 2 aromatic rings. The molecule has 30 heavy (non-hydrogen) atoms. The van der Waals surface area contributed by atoms with Crippen molar-refractivity contribution in [2.75, 3.05) is 0 Å². The van der Waals surface area contributed by atoms with E-state index in [2.05, 4.69) is 5.32 Å². The molecule has 8 heteroatoms. The van der Waals surface area contributed by atoms with E-state index in [0.717, 1.165) is 11.1 Å². The Morgan fingerprint density at radius 1 is 1.07 bits per heavy atom. The first-order chi connectivity index (χ1) is 14.4. The molecular formula is C22H23N3O5. The lowest BCUT2D eigenvalue weighted by molar-refractivity contribution is -0.142. The van der Waals surface area contributed by atoms with Crippen LogP contribution in [0.3, 0.4) is 0 Å². The molecule has 0 saturated heterocycles. The monoisotopic (exact) mass is 409 g/mol. The number of benzene rings is 2. The summed E-state index contributed by atoms with van der Waals surface area (Å²) in [6.07, 6.45) is -0.0636. The zero-order chi connectivity index (χ0) is 21.7. The van der Waals surface area contributed by atoms with Crippen molar-refractivity contribution in [2.24, 2.45) is 5.73 Å². The molecular weight excluding hydrogens is 386 g/mol. The number of carboxylic acids is 1. The van der Waals surface area contributed by atoms with Gasteiger partial charge in [-0.25, -0.2) is 4.79 Å². The van der Waals surface area contributed by atoms with Crippen molar-refractivity contribution in [1.29, 1.82) is 0 Å². The minimum atomic E-state index is -1.27. The van der Waals surface area contributed by atoms with E-state index in [-0.39, 0.29) is 31.7 Å². The zero-order valence-electron chi connectivity index (χ0n) is 16.3. The Balaban J connectivity index is 1.84. The van der Waals surface area contributed by atoms with Crippen LogP contribution in [0.2, 0.25) is 0 Å². The van der Waals surface area contributed by atoms with Crippen molar-refractivity contribution in [1.82, 2.24) is 10.2 Å². The molecule has 0 aliphatic carbocycles. The molecule has 2 aromatic carbocycles. The Kier molecular flexibility index (Phi) is 6.46. The number of carbonyl (C=O) groups excluding carboxylic acids is 3. The highest BCUT2D eigenvalue weighted by Gasteiger charge is 2.37. The number of rotatable bonds is 9. The fourth-order valence-corrected chi connectivity index (χ4v) is 3.52. The van der Waals surface area contributed by atoms with E-state index < -0.39 is 29.9 Å². The minimum Gasteiger partial charge on any atom is -0.480 e. The molecule has 1 aliphatic heterocycles. The van der Waals surface area contributed by atoms with Crippen LogP contribution in [0.1, 0.15) is 34.3 Å². The van der Waals surface area contributed by atoms with E-state index in [0.29, 0.717) is 5.56 Å². The van der Waals surface area contributed by atoms with Gasteiger partial charge in [-0.2, -0.15) is 0 Å². The fourth-order valence-electron chi connectivity index (χ4n) is 3.52. The van der Waals surface area contributed by atoms with E-state index in [4.69, 9.17) is 5.73 Å². The minimum absolute atomic E-state index is 0.122. The van der Waals surface area contributed by atoms with E-state index in [9.17, 15) is 24.3 Å². The maximum Gasteiger partial charge on any atom is 0.326 e. The quantitative estimate of drug-likeness (QED) is 0.571. The van der Waals surface area contributed by atoms with Crippen molar-refractivity contribution in [3.8, 4) is 0 Å². The number of fused-ring (bicyclic) bond motifs is 1. The number of nitrogens with two attached hydrogens (primary N) is 1. The van der Waals surface area contributed by atoms with Crippen LogP contribution < -0.4 is 11.1 Å². The first-order valence-corrected chi connectivity index (χ1v) is 9.61. The first kappa shape index (κ1) is 21.0. The molecule has 2 atom stereocenters. The second-order valence-corrected chi connectivity index (χ2v) is 7.20. The number of carboxylic acid groups (broad SMARTS) is 1. The van der Waals surface area contributed by atoms with Gasteiger partial charge in [0.05, 0.1) is 0 Å². The molecule has 3 rings (SSSR count). The van der Waals surface area contributed by atoms with Crippen LogP contribution in [-0.4, -0.2) is 45.8 Å². The van der Waals surface area contributed by atoms with Gasteiger partial charge in [0.15, 0.2) is 0 Å². The number of nitrogens with one attached hydrogen (secondary N) is 1. The normalized spacial score (nSPS) is 14.7. The Labute approximate surface area is 173 Å². The lowest BCUT2D eigenvalue weighted by Gasteiger charge is -2.28. The highest BCUT2D eigenvalue weighted by atomic mass is 16.4. The Morgan fingerprint density at radius 3 is 2.37 bits per heavy atom. The van der Waals surface area contributed by atoms with Gasteiger partial charge in [0.25, 0.3) is 5.91 Å². The SMILES string of the molecule is NC(=O)CC[C@H](NC(=O)C(Cc1ccccc1)N1Cc2ccccc2C1=O)C(=O)O. The Hall–Kier alpha value is -3.68. The maximum atomic E-state index is 13.1. The maximum absolute atomic E-state index is 13.1. The second-order valence-electron chi connectivity index (χ2n) is 7.20. The molecule has 0 radical (unpaired) electrons. The highest BCUT2D eigenvalue weighted by molar-refractivity contribution is 6.01. The summed E-state index contributed by atoms with van der Waals surface area (Å²) in [4.78, 5) is 50.1. The van der Waals surface area contributed by atoms with Gasteiger partial charge in [-0.3, -0.25) is 14.4 Å². The van der Waals surface area contributed by atoms with Gasteiger partial charge in [0.1, 0.15) is 12.1 Å². The molecule has 1 unspecified atom stereocenters. The third-order valence-electron chi connectivity index (χ3n) is 5.09. The van der Waals surface area contributed by atoms with E-state index in [1.165, 1.54) is 4.90 Å². The van der Waals surface area contributed by atoms with Gasteiger partial charge >= 0.3 is 5.97 Å². The summed E-state index contributed by atoms with van der Waals surface area (Å²) in [5.41, 5.74) is 7.29. The largest absolute Gasteiger partial charge is 0.480 e. The topological polar surface area (TPSA) is 130 Å². The van der Waals surface area contributed by atoms with Crippen molar-refractivity contribution >= 4 is 23.7 Å². The number of carbonyl (C=O) groups is 4. The predicted octanol–water partition coefficient (Wildman–Crippen LogP) is 1.09. The van der Waals surface area contributed by atoms with Crippen molar-refractivity contribution in [3.63, 3.8) is 0 Å². The van der Waals surface area contributed by atoms with Crippen LogP contribution in [0.25, 0.3) is 0 Å². The molecule has 3 amide bonds. The number of nitrogens with zero attached hydrogens (tertiary/aromatic N) is 1. The van der Waals surface area contributed by atoms with Crippen LogP contribution in [0, 0.1) is 0 Å². The Morgan fingerprint density at radius 2 is 1.73 bits per heavy atom. The molecule has 4 N–H and O–H groups in total. The summed E-state index contributed by atoms with van der Waals surface area (Å²) in [7, 11) is 0. The van der Waals surface area contributed by atoms with Gasteiger partial charge in [-0.15, -0.1) is 0 Å². The first-order valence-electron chi connectivity index (χ1n) is 9.61. The standard InChI is InChI=1S/C22H23N3O5/c23-19(26)11-10-17(22(29)30)24-20(27)18(12-14-6-2-1-3-7-14)25-13-15-8-4-5-9-16(15)21(25)28/h1-9,17-18H,10-13H2,(H2,23,26)(H,24,27)(H,29,30)/t17-,18?/m0/s1. The molecule has 156 valence electrons. The number of hydrogen-bond donors (Lipinski definition) is 3. The van der Waals surface area contributed by atoms with Gasteiger partial charge in [-0.05, 0) is 23.6 Å². The molecule has 0 saturated carbocycles. The van der Waals surface area contributed by atoms with E-state index in [1.54, 1.807) is 12.1 Å². The van der Waals surface area contributed by atoms with Crippen LogP contribution in [0.4, 0.5) is 0 Å². The lowest BCUT2D eigenvalue weighted by atomic mass is 10.0. The van der Waals surface area contributed by atoms with Crippen molar-refractivity contribution < 1.29 is 24.3 Å². The van der Waals surface area contributed by atoms with Gasteiger partial charge in [-0.1, -0.05) is 48.5 Å². The van der Waals surface area contributed by atoms with Crippen molar-refractivity contribution in [2.45, 2.75) is 37.9 Å². The molecule has 0 spiro atoms. The molecule has 1 heterocycles. The number of aliphatic carboxylic acids is 1. The predicted molar refractivity (Wildman–Crippen MR) is 108 cm³/mol. The van der Waals surface area contributed by atoms with Crippen LogP contribution in [0.15, 0.2) is 54.6 Å². The highest BCUT2D eigenvalue weighted by Crippen LogP contribution is 2.26. The molecule has 0 fully saturated rings. The summed E-state index contributed by atoms with van der Waals surface area (Å²) in [6.45, 7) is 0.263. The average Bonchev–Trinajstić information content (AvgIpc) is 3.06. The molecule has 0 bridgehead atoms. The zero-order valence-corrected chi connectivity index (χ0v) is 16.3. The number of primary amides is 1. The Bertz CT molecular complexity index is 960. The molecule has 0 aromatic heterocycles.